The maximum atomic E-state index is 5.77. The molecule has 1 saturated heterocycles. The first-order chi connectivity index (χ1) is 10.8. The van der Waals surface area contributed by atoms with Crippen molar-refractivity contribution in [3.8, 4) is 11.5 Å². The van der Waals surface area contributed by atoms with Crippen molar-refractivity contribution in [2.45, 2.75) is 32.2 Å². The number of hydrogen-bond acceptors (Lipinski definition) is 4. The van der Waals surface area contributed by atoms with Crippen molar-refractivity contribution >= 4 is 0 Å². The van der Waals surface area contributed by atoms with E-state index in [1.54, 1.807) is 7.11 Å². The van der Waals surface area contributed by atoms with E-state index in [0.717, 1.165) is 43.6 Å². The Morgan fingerprint density at radius 1 is 1.23 bits per heavy atom. The first-order valence-corrected chi connectivity index (χ1v) is 8.57. The van der Waals surface area contributed by atoms with E-state index in [9.17, 15) is 0 Å². The predicted octanol–water partition coefficient (Wildman–Crippen LogP) is 2.84. The molecular weight excluding hydrogens is 276 g/mol. The molecule has 3 rings (SSSR count). The van der Waals surface area contributed by atoms with Gasteiger partial charge in [-0.05, 0) is 37.0 Å². The molecule has 22 heavy (non-hydrogen) atoms. The van der Waals surface area contributed by atoms with Crippen molar-refractivity contribution < 1.29 is 9.47 Å². The molecule has 1 aliphatic heterocycles. The highest BCUT2D eigenvalue weighted by atomic mass is 16.5. The third-order valence-corrected chi connectivity index (χ3v) is 4.72. The molecule has 4 heteroatoms. The van der Waals surface area contributed by atoms with Crippen LogP contribution < -0.4 is 14.8 Å². The van der Waals surface area contributed by atoms with Gasteiger partial charge in [-0.15, -0.1) is 0 Å². The van der Waals surface area contributed by atoms with Crippen molar-refractivity contribution in [1.29, 1.82) is 0 Å². The topological polar surface area (TPSA) is 33.7 Å². The standard InChI is InChI=1S/C18H28N2O2/c1-3-22-18-13-15(6-7-17(18)21-2)16(12-14-4-5-14)20-10-8-19-9-11-20/h6-7,13-14,16,19H,3-5,8-12H2,1-2H3/t16-/m0/s1. The first kappa shape index (κ1) is 15.6. The largest absolute Gasteiger partial charge is 0.493 e. The summed E-state index contributed by atoms with van der Waals surface area (Å²) in [7, 11) is 1.70. The van der Waals surface area contributed by atoms with E-state index in [2.05, 4.69) is 28.4 Å². The van der Waals surface area contributed by atoms with Crippen molar-refractivity contribution in [1.82, 2.24) is 10.2 Å². The molecular formula is C18H28N2O2. The number of nitrogens with zero attached hydrogens (tertiary/aromatic N) is 1. The Balaban J connectivity index is 1.83. The van der Waals surface area contributed by atoms with Gasteiger partial charge in [0, 0.05) is 32.2 Å². The van der Waals surface area contributed by atoms with Crippen molar-refractivity contribution in [2.75, 3.05) is 39.9 Å². The highest BCUT2D eigenvalue weighted by Gasteiger charge is 2.30. The minimum Gasteiger partial charge on any atom is -0.493 e. The Morgan fingerprint density at radius 3 is 2.64 bits per heavy atom. The number of piperazine rings is 1. The van der Waals surface area contributed by atoms with Gasteiger partial charge in [0.2, 0.25) is 0 Å². The summed E-state index contributed by atoms with van der Waals surface area (Å²) < 4.78 is 11.2. The molecule has 0 bridgehead atoms. The van der Waals surface area contributed by atoms with Gasteiger partial charge >= 0.3 is 0 Å². The van der Waals surface area contributed by atoms with Crippen LogP contribution in [0.1, 0.15) is 37.8 Å². The zero-order valence-corrected chi connectivity index (χ0v) is 13.8. The van der Waals surface area contributed by atoms with Gasteiger partial charge in [-0.3, -0.25) is 4.90 Å². The minimum atomic E-state index is 0.514. The fraction of sp³-hybridized carbons (Fsp3) is 0.667. The summed E-state index contributed by atoms with van der Waals surface area (Å²) in [5.74, 6) is 2.62. The molecule has 0 spiro atoms. The van der Waals surface area contributed by atoms with E-state index in [4.69, 9.17) is 9.47 Å². The summed E-state index contributed by atoms with van der Waals surface area (Å²) in [4.78, 5) is 2.63. The van der Waals surface area contributed by atoms with Crippen LogP contribution in [0.3, 0.4) is 0 Å². The summed E-state index contributed by atoms with van der Waals surface area (Å²) in [6.45, 7) is 7.14. The van der Waals surface area contributed by atoms with Crippen LogP contribution in [0, 0.1) is 5.92 Å². The van der Waals surface area contributed by atoms with Crippen LogP contribution in [0.25, 0.3) is 0 Å². The normalized spacial score (nSPS) is 20.6. The van der Waals surface area contributed by atoms with Crippen LogP contribution in [0.2, 0.25) is 0 Å². The van der Waals surface area contributed by atoms with Crippen LogP contribution in [0.15, 0.2) is 18.2 Å². The Morgan fingerprint density at radius 2 is 2.00 bits per heavy atom. The lowest BCUT2D eigenvalue weighted by molar-refractivity contribution is 0.160. The van der Waals surface area contributed by atoms with E-state index in [1.807, 2.05) is 6.92 Å². The fourth-order valence-electron chi connectivity index (χ4n) is 3.33. The zero-order chi connectivity index (χ0) is 15.4. The Labute approximate surface area is 133 Å². The summed E-state index contributed by atoms with van der Waals surface area (Å²) in [5.41, 5.74) is 1.37. The third kappa shape index (κ3) is 3.73. The quantitative estimate of drug-likeness (QED) is 0.840. The Bertz CT molecular complexity index is 482. The van der Waals surface area contributed by atoms with E-state index in [1.165, 1.54) is 24.8 Å². The summed E-state index contributed by atoms with van der Waals surface area (Å²) in [5, 5.41) is 3.45. The lowest BCUT2D eigenvalue weighted by Crippen LogP contribution is -2.45. The molecule has 0 radical (unpaired) electrons. The van der Waals surface area contributed by atoms with Gasteiger partial charge in [0.1, 0.15) is 0 Å². The lowest BCUT2D eigenvalue weighted by atomic mass is 9.98. The molecule has 1 aromatic rings. The van der Waals surface area contributed by atoms with Crippen LogP contribution in [-0.2, 0) is 0 Å². The van der Waals surface area contributed by atoms with Gasteiger partial charge in [0.05, 0.1) is 13.7 Å². The molecule has 0 unspecified atom stereocenters. The predicted molar refractivity (Wildman–Crippen MR) is 88.7 cm³/mol. The van der Waals surface area contributed by atoms with Crippen LogP contribution in [0.4, 0.5) is 0 Å². The fourth-order valence-corrected chi connectivity index (χ4v) is 3.33. The maximum Gasteiger partial charge on any atom is 0.161 e. The van der Waals surface area contributed by atoms with Crippen molar-refractivity contribution in [2.24, 2.45) is 5.92 Å². The van der Waals surface area contributed by atoms with Crippen molar-refractivity contribution in [3.05, 3.63) is 23.8 Å². The monoisotopic (exact) mass is 304 g/mol. The second kappa shape index (κ2) is 7.34. The average molecular weight is 304 g/mol. The number of ether oxygens (including phenoxy) is 2. The molecule has 1 aliphatic carbocycles. The lowest BCUT2D eigenvalue weighted by Gasteiger charge is -2.35. The molecule has 1 heterocycles. The van der Waals surface area contributed by atoms with Gasteiger partial charge in [-0.1, -0.05) is 18.9 Å². The molecule has 1 N–H and O–H groups in total. The molecule has 122 valence electrons. The minimum absolute atomic E-state index is 0.514. The summed E-state index contributed by atoms with van der Waals surface area (Å²) in [6.07, 6.45) is 4.08. The zero-order valence-electron chi connectivity index (χ0n) is 13.8. The van der Waals surface area contributed by atoms with E-state index < -0.39 is 0 Å². The highest BCUT2D eigenvalue weighted by molar-refractivity contribution is 5.44. The molecule has 1 saturated carbocycles. The Hall–Kier alpha value is -1.26. The third-order valence-electron chi connectivity index (χ3n) is 4.72. The van der Waals surface area contributed by atoms with Gasteiger partial charge in [0.25, 0.3) is 0 Å². The van der Waals surface area contributed by atoms with Gasteiger partial charge in [-0.25, -0.2) is 0 Å². The SMILES string of the molecule is CCOc1cc([C@H](CC2CC2)N2CCNCC2)ccc1OC. The maximum absolute atomic E-state index is 5.77. The molecule has 0 amide bonds. The molecule has 2 aliphatic rings. The van der Waals surface area contributed by atoms with Crippen LogP contribution >= 0.6 is 0 Å². The molecule has 2 fully saturated rings. The average Bonchev–Trinajstić information content (AvgIpc) is 3.38. The van der Waals surface area contributed by atoms with E-state index >= 15 is 0 Å². The smallest absolute Gasteiger partial charge is 0.161 e. The number of nitrogens with one attached hydrogen (secondary N) is 1. The molecule has 1 aromatic carbocycles. The van der Waals surface area contributed by atoms with Crippen molar-refractivity contribution in [3.63, 3.8) is 0 Å². The van der Waals surface area contributed by atoms with Crippen LogP contribution in [-0.4, -0.2) is 44.8 Å². The highest BCUT2D eigenvalue weighted by Crippen LogP contribution is 2.41. The summed E-state index contributed by atoms with van der Waals surface area (Å²) in [6, 6.07) is 6.98. The molecule has 4 nitrogen and oxygen atoms in total. The van der Waals surface area contributed by atoms with Gasteiger partial charge in [-0.2, -0.15) is 0 Å². The molecule has 1 atom stereocenters. The van der Waals surface area contributed by atoms with E-state index in [0.29, 0.717) is 12.6 Å². The van der Waals surface area contributed by atoms with Crippen LogP contribution in [0.5, 0.6) is 11.5 Å². The summed E-state index contributed by atoms with van der Waals surface area (Å²) >= 11 is 0. The second-order valence-electron chi connectivity index (χ2n) is 6.32. The number of hydrogen-bond donors (Lipinski definition) is 1. The molecule has 0 aromatic heterocycles. The van der Waals surface area contributed by atoms with Gasteiger partial charge in [0.15, 0.2) is 11.5 Å². The van der Waals surface area contributed by atoms with E-state index in [-0.39, 0.29) is 0 Å². The number of methoxy groups -OCH3 is 1. The van der Waals surface area contributed by atoms with Gasteiger partial charge < -0.3 is 14.8 Å². The number of rotatable bonds is 7. The number of benzene rings is 1. The Kier molecular flexibility index (Phi) is 5.21. The second-order valence-corrected chi connectivity index (χ2v) is 6.32. The first-order valence-electron chi connectivity index (χ1n) is 8.57.